The van der Waals surface area contributed by atoms with E-state index >= 15 is 0 Å². The number of amides is 1. The third-order valence-electron chi connectivity index (χ3n) is 3.30. The molecule has 0 aliphatic carbocycles. The molecule has 0 aliphatic heterocycles. The van der Waals surface area contributed by atoms with E-state index < -0.39 is 0 Å². The van der Waals surface area contributed by atoms with E-state index in [4.69, 9.17) is 47.0 Å². The third kappa shape index (κ3) is 5.78. The van der Waals surface area contributed by atoms with Crippen LogP contribution in [-0.2, 0) is 4.79 Å². The number of carbonyl (C=O) groups is 1. The summed E-state index contributed by atoms with van der Waals surface area (Å²) in [6.07, 6.45) is 0. The van der Waals surface area contributed by atoms with E-state index in [1.165, 1.54) is 6.07 Å². The minimum absolute atomic E-state index is 0.0563. The van der Waals surface area contributed by atoms with Crippen LogP contribution in [0, 0.1) is 5.92 Å². The van der Waals surface area contributed by atoms with Crippen molar-refractivity contribution in [3.63, 3.8) is 0 Å². The molecule has 0 fully saturated rings. The summed E-state index contributed by atoms with van der Waals surface area (Å²) in [6, 6.07) is 8.53. The number of hydrogen-bond donors (Lipinski definition) is 2. The molecule has 1 atom stereocenters. The first kappa shape index (κ1) is 19.8. The minimum Gasteiger partial charge on any atom is -0.302 e. The smallest absolute Gasteiger partial charge is 0.233 e. The molecular weight excluding hydrogens is 403 g/mol. The summed E-state index contributed by atoms with van der Waals surface area (Å²) in [6.45, 7) is 3.91. The molecule has 2 rings (SSSR count). The highest BCUT2D eigenvalue weighted by Crippen LogP contribution is 2.26. The average Bonchev–Trinajstić information content (AvgIpc) is 2.47. The molecule has 0 radical (unpaired) electrons. The number of rotatable bonds is 4. The monoisotopic (exact) mass is 416 g/mol. The van der Waals surface area contributed by atoms with E-state index in [0.29, 0.717) is 5.02 Å². The van der Waals surface area contributed by atoms with Gasteiger partial charge in [-0.05, 0) is 35.8 Å². The number of halogens is 3. The molecule has 25 heavy (non-hydrogen) atoms. The van der Waals surface area contributed by atoms with Crippen LogP contribution in [0.1, 0.15) is 25.3 Å². The van der Waals surface area contributed by atoms with Crippen molar-refractivity contribution in [1.29, 1.82) is 0 Å². The van der Waals surface area contributed by atoms with E-state index in [1.807, 2.05) is 26.0 Å². The number of aromatic nitrogens is 2. The van der Waals surface area contributed by atoms with Crippen molar-refractivity contribution in [2.75, 3.05) is 5.32 Å². The van der Waals surface area contributed by atoms with Gasteiger partial charge < -0.3 is 10.6 Å². The maximum absolute atomic E-state index is 12.6. The van der Waals surface area contributed by atoms with Crippen molar-refractivity contribution in [2.45, 2.75) is 19.8 Å². The van der Waals surface area contributed by atoms with Crippen LogP contribution in [0.15, 0.2) is 30.3 Å². The van der Waals surface area contributed by atoms with E-state index in [-0.39, 0.29) is 39.1 Å². The van der Waals surface area contributed by atoms with Crippen LogP contribution in [0.5, 0.6) is 0 Å². The van der Waals surface area contributed by atoms with Gasteiger partial charge in [0.15, 0.2) is 5.11 Å². The Bertz CT molecular complexity index is 763. The van der Waals surface area contributed by atoms with Gasteiger partial charge >= 0.3 is 0 Å². The number of benzene rings is 1. The molecule has 0 saturated carbocycles. The lowest BCUT2D eigenvalue weighted by Crippen LogP contribution is -2.39. The molecular formula is C16H15Cl3N4OS. The molecule has 0 aliphatic rings. The standard InChI is InChI=1S/C16H15Cl3N4OS/c1-8(2)13(9-3-5-10(17)6-4-9)14(24)22-16(25)23-15-20-11(18)7-12(19)21-15/h3-8,13H,1-2H3,(H2,20,21,22,23,24,25)/t13-/m0/s1. The molecule has 2 N–H and O–H groups in total. The molecule has 0 bridgehead atoms. The molecule has 132 valence electrons. The van der Waals surface area contributed by atoms with Crippen molar-refractivity contribution in [3.8, 4) is 0 Å². The Hall–Kier alpha value is -1.47. The lowest BCUT2D eigenvalue weighted by molar-refractivity contribution is -0.122. The predicted octanol–water partition coefficient (Wildman–Crippen LogP) is 4.69. The fourth-order valence-corrected chi connectivity index (χ4v) is 3.02. The number of thiocarbonyl (C=S) groups is 1. The largest absolute Gasteiger partial charge is 0.302 e. The second-order valence-corrected chi connectivity index (χ2v) is 7.17. The normalized spacial score (nSPS) is 11.9. The van der Waals surface area contributed by atoms with Gasteiger partial charge in [-0.25, -0.2) is 9.97 Å². The summed E-state index contributed by atoms with van der Waals surface area (Å²) >= 11 is 22.7. The molecule has 1 amide bonds. The van der Waals surface area contributed by atoms with Crippen LogP contribution in [-0.4, -0.2) is 21.0 Å². The topological polar surface area (TPSA) is 66.9 Å². The van der Waals surface area contributed by atoms with Crippen LogP contribution < -0.4 is 10.6 Å². The summed E-state index contributed by atoms with van der Waals surface area (Å²) in [4.78, 5) is 20.5. The van der Waals surface area contributed by atoms with Gasteiger partial charge in [0, 0.05) is 11.1 Å². The van der Waals surface area contributed by atoms with Crippen LogP contribution in [0.4, 0.5) is 5.95 Å². The predicted molar refractivity (Wildman–Crippen MR) is 105 cm³/mol. The number of hydrogen-bond acceptors (Lipinski definition) is 4. The number of anilines is 1. The Morgan fingerprint density at radius 2 is 1.64 bits per heavy atom. The van der Waals surface area contributed by atoms with Crippen LogP contribution >= 0.6 is 47.0 Å². The van der Waals surface area contributed by atoms with E-state index in [9.17, 15) is 4.79 Å². The Morgan fingerprint density at radius 1 is 1.08 bits per heavy atom. The number of carbonyl (C=O) groups excluding carboxylic acids is 1. The van der Waals surface area contributed by atoms with Gasteiger partial charge in [-0.3, -0.25) is 4.79 Å². The second-order valence-electron chi connectivity index (χ2n) is 5.55. The fraction of sp³-hybridized carbons (Fsp3) is 0.250. The number of nitrogens with zero attached hydrogens (tertiary/aromatic N) is 2. The zero-order valence-corrected chi connectivity index (χ0v) is 16.5. The highest BCUT2D eigenvalue weighted by molar-refractivity contribution is 7.80. The zero-order valence-electron chi connectivity index (χ0n) is 13.4. The van der Waals surface area contributed by atoms with Crippen LogP contribution in [0.3, 0.4) is 0 Å². The third-order valence-corrected chi connectivity index (χ3v) is 4.15. The van der Waals surface area contributed by atoms with Crippen molar-refractivity contribution in [1.82, 2.24) is 15.3 Å². The molecule has 1 aromatic carbocycles. The van der Waals surface area contributed by atoms with Gasteiger partial charge in [0.05, 0.1) is 5.92 Å². The first-order valence-corrected chi connectivity index (χ1v) is 8.88. The van der Waals surface area contributed by atoms with Gasteiger partial charge in [-0.15, -0.1) is 0 Å². The lowest BCUT2D eigenvalue weighted by atomic mass is 9.88. The molecule has 0 unspecified atom stereocenters. The molecule has 1 heterocycles. The number of nitrogens with one attached hydrogen (secondary N) is 2. The Balaban J connectivity index is 2.09. The van der Waals surface area contributed by atoms with Crippen LogP contribution in [0.25, 0.3) is 0 Å². The molecule has 5 nitrogen and oxygen atoms in total. The van der Waals surface area contributed by atoms with E-state index in [1.54, 1.807) is 12.1 Å². The molecule has 2 aromatic rings. The summed E-state index contributed by atoms with van der Waals surface area (Å²) in [5.74, 6) is -0.472. The Morgan fingerprint density at radius 3 is 2.16 bits per heavy atom. The van der Waals surface area contributed by atoms with Gasteiger partial charge in [0.2, 0.25) is 11.9 Å². The SMILES string of the molecule is CC(C)[C@H](C(=O)NC(=S)Nc1nc(Cl)cc(Cl)n1)c1ccc(Cl)cc1. The quantitative estimate of drug-likeness (QED) is 0.558. The fourth-order valence-electron chi connectivity index (χ4n) is 2.28. The lowest BCUT2D eigenvalue weighted by Gasteiger charge is -2.21. The molecule has 0 spiro atoms. The summed E-state index contributed by atoms with van der Waals surface area (Å²) in [5, 5.41) is 6.34. The molecule has 1 aromatic heterocycles. The van der Waals surface area contributed by atoms with Gasteiger partial charge in [0.25, 0.3) is 0 Å². The Kier molecular flexibility index (Phi) is 6.95. The van der Waals surface area contributed by atoms with Gasteiger partial charge in [-0.2, -0.15) is 0 Å². The average molecular weight is 418 g/mol. The van der Waals surface area contributed by atoms with Gasteiger partial charge in [0.1, 0.15) is 10.3 Å². The minimum atomic E-state index is -0.388. The molecule has 0 saturated heterocycles. The summed E-state index contributed by atoms with van der Waals surface area (Å²) in [5.41, 5.74) is 0.849. The maximum Gasteiger partial charge on any atom is 0.233 e. The summed E-state index contributed by atoms with van der Waals surface area (Å²) < 4.78 is 0. The van der Waals surface area contributed by atoms with E-state index in [0.717, 1.165) is 5.56 Å². The first-order valence-electron chi connectivity index (χ1n) is 7.33. The first-order chi connectivity index (χ1) is 11.8. The van der Waals surface area contributed by atoms with Gasteiger partial charge in [-0.1, -0.05) is 60.8 Å². The summed E-state index contributed by atoms with van der Waals surface area (Å²) in [7, 11) is 0. The van der Waals surface area contributed by atoms with Crippen molar-refractivity contribution in [2.24, 2.45) is 5.92 Å². The zero-order chi connectivity index (χ0) is 18.6. The van der Waals surface area contributed by atoms with Crippen LogP contribution in [0.2, 0.25) is 15.3 Å². The van der Waals surface area contributed by atoms with Crippen molar-refractivity contribution in [3.05, 3.63) is 51.2 Å². The van der Waals surface area contributed by atoms with E-state index in [2.05, 4.69) is 20.6 Å². The highest BCUT2D eigenvalue weighted by atomic mass is 35.5. The second kappa shape index (κ2) is 8.76. The highest BCUT2D eigenvalue weighted by Gasteiger charge is 2.25. The molecule has 9 heteroatoms. The van der Waals surface area contributed by atoms with Crippen molar-refractivity contribution >= 4 is 64.0 Å². The maximum atomic E-state index is 12.6. The Labute approximate surface area is 166 Å². The van der Waals surface area contributed by atoms with Crippen molar-refractivity contribution < 1.29 is 4.79 Å².